The SMILES string of the molecule is CC(C)(I)C#N.CC(I)c1ccccc1.CI.PCI. The molecular formula is C14H22I4NP. The van der Waals surface area contributed by atoms with E-state index in [2.05, 4.69) is 137 Å². The van der Waals surface area contributed by atoms with Crippen LogP contribution in [0.4, 0.5) is 0 Å². The van der Waals surface area contributed by atoms with Gasteiger partial charge in [0.05, 0.1) is 6.07 Å². The Morgan fingerprint density at radius 2 is 1.55 bits per heavy atom. The van der Waals surface area contributed by atoms with Gasteiger partial charge in [-0.3, -0.25) is 0 Å². The molecule has 2 atom stereocenters. The molecule has 0 bridgehead atoms. The molecule has 0 fully saturated rings. The van der Waals surface area contributed by atoms with Gasteiger partial charge in [0.2, 0.25) is 0 Å². The maximum Gasteiger partial charge on any atom is 0.103 e. The second-order valence-electron chi connectivity index (χ2n) is 3.77. The Hall–Kier alpha value is 2.06. The third-order valence-corrected chi connectivity index (χ3v) is 2.49. The van der Waals surface area contributed by atoms with Crippen molar-refractivity contribution in [3.05, 3.63) is 35.9 Å². The molecule has 20 heavy (non-hydrogen) atoms. The molecule has 0 aromatic heterocycles. The van der Waals surface area contributed by atoms with Crippen molar-refractivity contribution >= 4 is 99.6 Å². The summed E-state index contributed by atoms with van der Waals surface area (Å²) < 4.78 is 1.58. The van der Waals surface area contributed by atoms with E-state index < -0.39 is 0 Å². The highest BCUT2D eigenvalue weighted by molar-refractivity contribution is 14.1. The highest BCUT2D eigenvalue weighted by Gasteiger charge is 2.07. The van der Waals surface area contributed by atoms with Crippen molar-refractivity contribution in [3.8, 4) is 6.07 Å². The Morgan fingerprint density at radius 1 is 1.25 bits per heavy atom. The molecule has 0 heterocycles. The predicted molar refractivity (Wildman–Crippen MR) is 131 cm³/mol. The highest BCUT2D eigenvalue weighted by Crippen LogP contribution is 2.20. The van der Waals surface area contributed by atoms with Crippen molar-refractivity contribution in [2.24, 2.45) is 0 Å². The normalized spacial score (nSPS) is 10.2. The summed E-state index contributed by atoms with van der Waals surface area (Å²) in [6.45, 7) is 5.93. The molecule has 0 aliphatic rings. The average Bonchev–Trinajstić information content (AvgIpc) is 2.43. The summed E-state index contributed by atoms with van der Waals surface area (Å²) >= 11 is 8.89. The average molecular weight is 743 g/mol. The van der Waals surface area contributed by atoms with Gasteiger partial charge in [0.15, 0.2) is 0 Å². The molecule has 0 spiro atoms. The Kier molecular flexibility index (Phi) is 25.7. The minimum atomic E-state index is -0.183. The number of hydrogen-bond donors (Lipinski definition) is 0. The van der Waals surface area contributed by atoms with Crippen LogP contribution in [0, 0.1) is 11.3 Å². The zero-order chi connectivity index (χ0) is 16.6. The van der Waals surface area contributed by atoms with E-state index in [0.717, 1.165) is 4.17 Å². The lowest BCUT2D eigenvalue weighted by Gasteiger charge is -1.99. The number of rotatable bonds is 1. The molecule has 0 N–H and O–H groups in total. The molecule has 1 aromatic rings. The molecule has 1 aromatic carbocycles. The molecule has 116 valence electrons. The fourth-order valence-corrected chi connectivity index (χ4v) is 1.13. The fraction of sp³-hybridized carbons (Fsp3) is 0.500. The maximum absolute atomic E-state index is 8.15. The zero-order valence-electron chi connectivity index (χ0n) is 12.2. The Balaban J connectivity index is -0.000000229. The molecule has 1 rings (SSSR count). The van der Waals surface area contributed by atoms with Gasteiger partial charge in [-0.25, -0.2) is 0 Å². The van der Waals surface area contributed by atoms with Crippen LogP contribution in [0.15, 0.2) is 30.3 Å². The highest BCUT2D eigenvalue weighted by atomic mass is 127. The van der Waals surface area contributed by atoms with Crippen LogP contribution >= 0.6 is 99.6 Å². The summed E-state index contributed by atoms with van der Waals surface area (Å²) in [4.78, 5) is 1.97. The van der Waals surface area contributed by atoms with E-state index >= 15 is 0 Å². The van der Waals surface area contributed by atoms with Crippen molar-refractivity contribution in [2.75, 3.05) is 9.10 Å². The first kappa shape index (κ1) is 26.9. The molecular weight excluding hydrogens is 721 g/mol. The molecule has 6 heteroatoms. The molecule has 1 nitrogen and oxygen atoms in total. The molecule has 0 amide bonds. The number of benzene rings is 1. The summed E-state index contributed by atoms with van der Waals surface area (Å²) in [5, 5.41) is 8.15. The first-order chi connectivity index (χ1) is 9.28. The number of hydrogen-bond acceptors (Lipinski definition) is 1. The standard InChI is InChI=1S/C8H9I.C4H6IN.CH4IP.CH3I/c1-7(9)8-5-3-2-4-6-8;1-4(2,5)3-6;2-1-3;1-2/h2-7H,1H3;1-2H3;1,3H2;1H3. The number of nitriles is 1. The van der Waals surface area contributed by atoms with Crippen LogP contribution in [-0.2, 0) is 0 Å². The lowest BCUT2D eigenvalue weighted by molar-refractivity contribution is 0.959. The number of alkyl halides is 4. The third-order valence-electron chi connectivity index (χ3n) is 1.52. The Labute approximate surface area is 181 Å². The summed E-state index contributed by atoms with van der Waals surface area (Å²) in [5.74, 6) is 0. The zero-order valence-corrected chi connectivity index (χ0v) is 22.0. The number of nitrogens with zero attached hydrogens (tertiary/aromatic N) is 1. The van der Waals surface area contributed by atoms with Crippen molar-refractivity contribution < 1.29 is 0 Å². The van der Waals surface area contributed by atoms with Gasteiger partial charge in [-0.2, -0.15) is 5.26 Å². The smallest absolute Gasteiger partial charge is 0.103 e. The van der Waals surface area contributed by atoms with Gasteiger partial charge in [0.25, 0.3) is 0 Å². The summed E-state index contributed by atoms with van der Waals surface area (Å²) in [6.07, 6.45) is 0. The molecule has 0 radical (unpaired) electrons. The van der Waals surface area contributed by atoms with Gasteiger partial charge in [0, 0.05) is 8.09 Å². The lowest BCUT2D eigenvalue weighted by Crippen LogP contribution is -2.01. The lowest BCUT2D eigenvalue weighted by atomic mass is 10.2. The quantitative estimate of drug-likeness (QED) is 0.170. The maximum atomic E-state index is 8.15. The molecule has 0 aliphatic carbocycles. The van der Waals surface area contributed by atoms with Crippen LogP contribution in [-0.4, -0.2) is 12.5 Å². The molecule has 2 unspecified atom stereocenters. The van der Waals surface area contributed by atoms with Crippen LogP contribution < -0.4 is 0 Å². The first-order valence-corrected chi connectivity index (χ1v) is 12.5. The van der Waals surface area contributed by atoms with E-state index in [-0.39, 0.29) is 3.42 Å². The Morgan fingerprint density at radius 3 is 1.70 bits per heavy atom. The van der Waals surface area contributed by atoms with E-state index in [0.29, 0.717) is 3.92 Å². The van der Waals surface area contributed by atoms with Crippen LogP contribution in [0.5, 0.6) is 0 Å². The van der Waals surface area contributed by atoms with Crippen molar-refractivity contribution in [2.45, 2.75) is 28.1 Å². The summed E-state index contributed by atoms with van der Waals surface area (Å²) in [6, 6.07) is 12.6. The van der Waals surface area contributed by atoms with Gasteiger partial charge >= 0.3 is 0 Å². The Bertz CT molecular complexity index is 331. The molecule has 0 aliphatic heterocycles. The predicted octanol–water partition coefficient (Wildman–Crippen LogP) is 7.21. The minimum absolute atomic E-state index is 0.183. The van der Waals surface area contributed by atoms with Crippen LogP contribution in [0.1, 0.15) is 30.3 Å². The second kappa shape index (κ2) is 19.1. The van der Waals surface area contributed by atoms with Crippen molar-refractivity contribution in [1.82, 2.24) is 0 Å². The van der Waals surface area contributed by atoms with Gasteiger partial charge < -0.3 is 0 Å². The van der Waals surface area contributed by atoms with Gasteiger partial charge in [-0.05, 0) is 31.3 Å². The van der Waals surface area contributed by atoms with Gasteiger partial charge in [0.1, 0.15) is 3.42 Å². The third kappa shape index (κ3) is 25.0. The summed E-state index contributed by atoms with van der Waals surface area (Å²) in [7, 11) is 2.57. The molecule has 0 saturated heterocycles. The first-order valence-electron chi connectivity index (χ1n) is 5.71. The largest absolute Gasteiger partial charge is 0.197 e. The van der Waals surface area contributed by atoms with Gasteiger partial charge in [-0.15, -0.1) is 9.24 Å². The van der Waals surface area contributed by atoms with Crippen LogP contribution in [0.2, 0.25) is 0 Å². The topological polar surface area (TPSA) is 23.8 Å². The van der Waals surface area contributed by atoms with E-state index in [4.69, 9.17) is 5.26 Å². The van der Waals surface area contributed by atoms with Gasteiger partial charge in [-0.1, -0.05) is 121 Å². The van der Waals surface area contributed by atoms with Crippen molar-refractivity contribution in [3.63, 3.8) is 0 Å². The van der Waals surface area contributed by atoms with Crippen LogP contribution in [0.25, 0.3) is 0 Å². The summed E-state index contributed by atoms with van der Waals surface area (Å²) in [5.41, 5.74) is 1.40. The second-order valence-corrected chi connectivity index (χ2v) is 11.3. The van der Waals surface area contributed by atoms with E-state index in [9.17, 15) is 0 Å². The van der Waals surface area contributed by atoms with E-state index in [1.807, 2.05) is 24.8 Å². The molecule has 0 saturated carbocycles. The number of halogens is 4. The fourth-order valence-electron chi connectivity index (χ4n) is 0.718. The van der Waals surface area contributed by atoms with E-state index in [1.54, 1.807) is 0 Å². The monoisotopic (exact) mass is 743 g/mol. The van der Waals surface area contributed by atoms with Crippen LogP contribution in [0.3, 0.4) is 0 Å². The van der Waals surface area contributed by atoms with E-state index in [1.165, 1.54) is 5.56 Å². The minimum Gasteiger partial charge on any atom is -0.197 e. The van der Waals surface area contributed by atoms with Crippen molar-refractivity contribution in [1.29, 1.82) is 5.26 Å².